The molecule has 0 saturated heterocycles. The highest BCUT2D eigenvalue weighted by Crippen LogP contribution is 2.33. The van der Waals surface area contributed by atoms with Gasteiger partial charge in [0.1, 0.15) is 0 Å². The molecule has 0 amide bonds. The van der Waals surface area contributed by atoms with Gasteiger partial charge in [0.25, 0.3) is 0 Å². The summed E-state index contributed by atoms with van der Waals surface area (Å²) in [5, 5.41) is 0. The number of rotatable bonds is 14. The number of ether oxygens (including phenoxy) is 1. The monoisotopic (exact) mass is 402 g/mol. The van der Waals surface area contributed by atoms with Crippen molar-refractivity contribution in [3.63, 3.8) is 0 Å². The normalized spacial score (nSPS) is 28.5. The van der Waals surface area contributed by atoms with E-state index >= 15 is 0 Å². The fraction of sp³-hybridized carbons (Fsp3) is 0.857. The van der Waals surface area contributed by atoms with Crippen LogP contribution >= 0.6 is 0 Å². The van der Waals surface area contributed by atoms with E-state index in [0.717, 1.165) is 36.9 Å². The highest BCUT2D eigenvalue weighted by molar-refractivity contribution is 4.93. The Morgan fingerprint density at radius 1 is 0.586 bits per heavy atom. The molecule has 0 radical (unpaired) electrons. The minimum atomic E-state index is 0.783. The van der Waals surface area contributed by atoms with Crippen LogP contribution in [0.4, 0.5) is 0 Å². The van der Waals surface area contributed by atoms with Gasteiger partial charge >= 0.3 is 0 Å². The molecule has 0 aromatic carbocycles. The van der Waals surface area contributed by atoms with Gasteiger partial charge in [-0.2, -0.15) is 0 Å². The molecule has 0 bridgehead atoms. The van der Waals surface area contributed by atoms with E-state index in [1.807, 2.05) is 0 Å². The van der Waals surface area contributed by atoms with Crippen molar-refractivity contribution in [3.8, 4) is 0 Å². The van der Waals surface area contributed by atoms with Gasteiger partial charge in [-0.1, -0.05) is 89.5 Å². The lowest BCUT2D eigenvalue weighted by Crippen LogP contribution is -2.13. The summed E-state index contributed by atoms with van der Waals surface area (Å²) in [5.74, 6) is 3.64. The Morgan fingerprint density at radius 3 is 1.38 bits per heavy atom. The molecule has 2 aliphatic rings. The van der Waals surface area contributed by atoms with Crippen molar-refractivity contribution in [2.24, 2.45) is 23.7 Å². The van der Waals surface area contributed by atoms with Crippen molar-refractivity contribution in [3.05, 3.63) is 24.3 Å². The van der Waals surface area contributed by atoms with Gasteiger partial charge in [-0.3, -0.25) is 0 Å². The lowest BCUT2D eigenvalue weighted by Gasteiger charge is -2.26. The van der Waals surface area contributed by atoms with E-state index in [0.29, 0.717) is 0 Å². The number of allylic oxidation sites excluding steroid dienone is 2. The largest absolute Gasteiger partial charge is 0.373 e. The number of hydrogen-bond donors (Lipinski definition) is 0. The van der Waals surface area contributed by atoms with Gasteiger partial charge in [0, 0.05) is 0 Å². The summed E-state index contributed by atoms with van der Waals surface area (Å²) in [6, 6.07) is 0. The second-order valence-corrected chi connectivity index (χ2v) is 9.95. The molecule has 1 heteroatoms. The maximum atomic E-state index is 5.82. The molecule has 0 heterocycles. The third-order valence-electron chi connectivity index (χ3n) is 7.46. The first-order valence-corrected chi connectivity index (χ1v) is 13.2. The van der Waals surface area contributed by atoms with Crippen LogP contribution in [0.25, 0.3) is 0 Å². The maximum Gasteiger partial charge on any atom is 0.0651 e. The van der Waals surface area contributed by atoms with Crippen molar-refractivity contribution in [1.82, 2.24) is 0 Å². The van der Waals surface area contributed by atoms with Gasteiger partial charge in [0.05, 0.1) is 13.2 Å². The standard InChI is InChI=1S/C28H50O/c1-3-5-7-11-25-15-19-27(20-16-25)13-9-23-29-24-10-14-28-21-17-26(18-22-28)12-8-6-4-2/h9-10,13-14,25-28H,3-8,11-12,15-24H2,1-2H3. The van der Waals surface area contributed by atoms with E-state index in [-0.39, 0.29) is 0 Å². The van der Waals surface area contributed by atoms with Crippen LogP contribution in [0.2, 0.25) is 0 Å². The van der Waals surface area contributed by atoms with Gasteiger partial charge in [-0.15, -0.1) is 0 Å². The zero-order valence-electron chi connectivity index (χ0n) is 19.8. The number of hydrogen-bond acceptors (Lipinski definition) is 1. The Hall–Kier alpha value is -0.560. The van der Waals surface area contributed by atoms with E-state index in [4.69, 9.17) is 4.74 Å². The quantitative estimate of drug-likeness (QED) is 0.208. The van der Waals surface area contributed by atoms with E-state index in [1.165, 1.54) is 103 Å². The Labute approximate surface area is 182 Å². The molecular weight excluding hydrogens is 352 g/mol. The highest BCUT2D eigenvalue weighted by atomic mass is 16.5. The topological polar surface area (TPSA) is 9.23 Å². The first-order valence-electron chi connectivity index (χ1n) is 13.2. The summed E-state index contributed by atoms with van der Waals surface area (Å²) in [5.41, 5.74) is 0. The highest BCUT2D eigenvalue weighted by Gasteiger charge is 2.19. The lowest BCUT2D eigenvalue weighted by molar-refractivity contribution is 0.192. The van der Waals surface area contributed by atoms with Crippen molar-refractivity contribution in [2.75, 3.05) is 13.2 Å². The molecule has 29 heavy (non-hydrogen) atoms. The zero-order chi connectivity index (χ0) is 20.6. The third kappa shape index (κ3) is 11.4. The molecule has 1 nitrogen and oxygen atoms in total. The van der Waals surface area contributed by atoms with Crippen LogP contribution in [0, 0.1) is 23.7 Å². The molecule has 0 aromatic heterocycles. The maximum absolute atomic E-state index is 5.82. The number of unbranched alkanes of at least 4 members (excludes halogenated alkanes) is 4. The lowest BCUT2D eigenvalue weighted by atomic mass is 9.79. The molecule has 0 N–H and O–H groups in total. The van der Waals surface area contributed by atoms with Crippen molar-refractivity contribution < 1.29 is 4.74 Å². The van der Waals surface area contributed by atoms with Gasteiger partial charge < -0.3 is 4.74 Å². The predicted molar refractivity (Wildman–Crippen MR) is 128 cm³/mol. The van der Waals surface area contributed by atoms with Gasteiger partial charge in [-0.05, 0) is 75.0 Å². The van der Waals surface area contributed by atoms with Crippen LogP contribution in [0.15, 0.2) is 24.3 Å². The SMILES string of the molecule is CCCCCC1CCC(C=CCOCC=CC2CCC(CCCCC)CC2)CC1. The van der Waals surface area contributed by atoms with E-state index in [9.17, 15) is 0 Å². The summed E-state index contributed by atoms with van der Waals surface area (Å²) in [7, 11) is 0. The van der Waals surface area contributed by atoms with Crippen LogP contribution in [-0.2, 0) is 4.74 Å². The molecule has 0 atom stereocenters. The molecule has 2 saturated carbocycles. The molecule has 2 rings (SSSR count). The van der Waals surface area contributed by atoms with Gasteiger partial charge in [0.2, 0.25) is 0 Å². The van der Waals surface area contributed by atoms with Gasteiger partial charge in [-0.25, -0.2) is 0 Å². The molecule has 0 aromatic rings. The Morgan fingerprint density at radius 2 is 1.00 bits per heavy atom. The van der Waals surface area contributed by atoms with Gasteiger partial charge in [0.15, 0.2) is 0 Å². The summed E-state index contributed by atoms with van der Waals surface area (Å²) in [4.78, 5) is 0. The average Bonchev–Trinajstić information content (AvgIpc) is 2.75. The minimum absolute atomic E-state index is 0.783. The fourth-order valence-electron chi connectivity index (χ4n) is 5.40. The first kappa shape index (κ1) is 24.7. The minimum Gasteiger partial charge on any atom is -0.373 e. The Bertz CT molecular complexity index is 382. The fourth-order valence-corrected chi connectivity index (χ4v) is 5.40. The second kappa shape index (κ2) is 16.2. The van der Waals surface area contributed by atoms with E-state index < -0.39 is 0 Å². The smallest absolute Gasteiger partial charge is 0.0651 e. The van der Waals surface area contributed by atoms with E-state index in [1.54, 1.807) is 0 Å². The summed E-state index contributed by atoms with van der Waals surface area (Å²) in [6.45, 7) is 6.18. The van der Waals surface area contributed by atoms with E-state index in [2.05, 4.69) is 38.2 Å². The zero-order valence-corrected chi connectivity index (χ0v) is 19.8. The molecule has 2 fully saturated rings. The summed E-state index contributed by atoms with van der Waals surface area (Å²) in [6.07, 6.45) is 32.2. The molecule has 2 aliphatic carbocycles. The third-order valence-corrected chi connectivity index (χ3v) is 7.46. The van der Waals surface area contributed by atoms with Crippen molar-refractivity contribution in [1.29, 1.82) is 0 Å². The second-order valence-electron chi connectivity index (χ2n) is 9.95. The van der Waals surface area contributed by atoms with Crippen LogP contribution in [0.3, 0.4) is 0 Å². The van der Waals surface area contributed by atoms with Crippen LogP contribution < -0.4 is 0 Å². The van der Waals surface area contributed by atoms with Crippen LogP contribution in [0.1, 0.15) is 117 Å². The van der Waals surface area contributed by atoms with Crippen LogP contribution in [-0.4, -0.2) is 13.2 Å². The van der Waals surface area contributed by atoms with Crippen LogP contribution in [0.5, 0.6) is 0 Å². The predicted octanol–water partition coefficient (Wildman–Crippen LogP) is 8.89. The first-order chi connectivity index (χ1) is 14.3. The summed E-state index contributed by atoms with van der Waals surface area (Å²) >= 11 is 0. The molecule has 0 aliphatic heterocycles. The molecule has 0 unspecified atom stereocenters. The van der Waals surface area contributed by atoms with Crippen molar-refractivity contribution in [2.45, 2.75) is 117 Å². The molecular formula is C28H50O. The average molecular weight is 403 g/mol. The molecule has 0 spiro atoms. The Balaban J connectivity index is 1.45. The Kier molecular flexibility index (Phi) is 13.8. The molecule has 168 valence electrons. The summed E-state index contributed by atoms with van der Waals surface area (Å²) < 4.78 is 5.82. The van der Waals surface area contributed by atoms with Crippen molar-refractivity contribution >= 4 is 0 Å².